The molecule has 0 aliphatic heterocycles. The summed E-state index contributed by atoms with van der Waals surface area (Å²) in [5.74, 6) is 1.19. The molecule has 0 fully saturated rings. The molecule has 0 atom stereocenters. The van der Waals surface area contributed by atoms with E-state index in [1.54, 1.807) is 29.2 Å². The minimum absolute atomic E-state index is 0.208. The summed E-state index contributed by atoms with van der Waals surface area (Å²) in [6.07, 6.45) is 9.71. The van der Waals surface area contributed by atoms with Gasteiger partial charge < -0.3 is 14.5 Å². The Kier molecular flexibility index (Phi) is 6.50. The van der Waals surface area contributed by atoms with E-state index in [-0.39, 0.29) is 18.3 Å². The first-order chi connectivity index (χ1) is 15.6. The van der Waals surface area contributed by atoms with Crippen LogP contribution in [-0.4, -0.2) is 25.5 Å². The van der Waals surface area contributed by atoms with Gasteiger partial charge in [-0.1, -0.05) is 24.3 Å². The fourth-order valence-corrected chi connectivity index (χ4v) is 3.25. The molecular weight excluding hydrogens is 406 g/mol. The Labute approximate surface area is 186 Å². The smallest absolute Gasteiger partial charge is 0.291 e. The average Bonchev–Trinajstić information content (AvgIpc) is 3.55. The van der Waals surface area contributed by atoms with Crippen molar-refractivity contribution >= 4 is 11.6 Å². The predicted molar refractivity (Wildman–Crippen MR) is 121 cm³/mol. The van der Waals surface area contributed by atoms with Crippen molar-refractivity contribution in [1.29, 1.82) is 0 Å². The minimum Gasteiger partial charge on any atom is -0.485 e. The molecule has 1 aromatic carbocycles. The quantitative estimate of drug-likeness (QED) is 0.378. The summed E-state index contributed by atoms with van der Waals surface area (Å²) in [4.78, 5) is 12.5. The summed E-state index contributed by atoms with van der Waals surface area (Å²) >= 11 is 0. The molecule has 32 heavy (non-hydrogen) atoms. The number of hydrogen-bond acceptors (Lipinski definition) is 5. The standard InChI is InChI=1S/C24H25N5O3/c1-3-7-19-8-5-6-9-22(19)31-17-21-10-11-23(32-21)24(30)27-20-13-26-29(16-20)15-18-12-25-28(4-2)14-18/h3,5-6,8-14,16H,1,4,7,15,17H2,2H3,(H,27,30). The number of carbonyl (C=O) groups is 1. The monoisotopic (exact) mass is 431 g/mol. The second-order valence-corrected chi connectivity index (χ2v) is 7.24. The molecule has 0 spiro atoms. The number of aryl methyl sites for hydroxylation is 1. The lowest BCUT2D eigenvalue weighted by Crippen LogP contribution is -2.10. The Balaban J connectivity index is 1.33. The number of nitrogens with one attached hydrogen (secondary N) is 1. The molecule has 0 aliphatic carbocycles. The molecule has 164 valence electrons. The van der Waals surface area contributed by atoms with Gasteiger partial charge in [0.2, 0.25) is 0 Å². The van der Waals surface area contributed by atoms with Crippen molar-refractivity contribution in [3.8, 4) is 5.75 Å². The number of hydrogen-bond donors (Lipinski definition) is 1. The molecule has 4 aromatic rings. The normalized spacial score (nSPS) is 10.8. The third-order valence-electron chi connectivity index (χ3n) is 4.84. The molecule has 8 heteroatoms. The molecule has 0 saturated carbocycles. The minimum atomic E-state index is -0.346. The van der Waals surface area contributed by atoms with Crippen LogP contribution in [0.5, 0.6) is 5.75 Å². The molecule has 0 saturated heterocycles. The zero-order valence-corrected chi connectivity index (χ0v) is 17.9. The number of furan rings is 1. The van der Waals surface area contributed by atoms with Gasteiger partial charge in [-0.15, -0.1) is 6.58 Å². The molecule has 8 nitrogen and oxygen atoms in total. The number of para-hydroxylation sites is 1. The number of ether oxygens (including phenoxy) is 1. The highest BCUT2D eigenvalue weighted by Gasteiger charge is 2.13. The van der Waals surface area contributed by atoms with Crippen LogP contribution in [-0.2, 0) is 26.1 Å². The number of rotatable bonds is 10. The molecule has 0 radical (unpaired) electrons. The molecule has 1 N–H and O–H groups in total. The first-order valence-electron chi connectivity index (χ1n) is 10.4. The van der Waals surface area contributed by atoms with E-state index in [0.29, 0.717) is 18.0 Å². The topological polar surface area (TPSA) is 87.1 Å². The summed E-state index contributed by atoms with van der Waals surface area (Å²) in [5.41, 5.74) is 2.68. The lowest BCUT2D eigenvalue weighted by Gasteiger charge is -2.08. The van der Waals surface area contributed by atoms with Crippen LogP contribution in [0.1, 0.15) is 34.4 Å². The largest absolute Gasteiger partial charge is 0.485 e. The van der Waals surface area contributed by atoms with Crippen LogP contribution in [0.25, 0.3) is 0 Å². The van der Waals surface area contributed by atoms with Crippen LogP contribution >= 0.6 is 0 Å². The van der Waals surface area contributed by atoms with Crippen molar-refractivity contribution in [2.24, 2.45) is 0 Å². The molecule has 4 rings (SSSR count). The third kappa shape index (κ3) is 5.15. The maximum absolute atomic E-state index is 12.5. The van der Waals surface area contributed by atoms with Crippen molar-refractivity contribution in [1.82, 2.24) is 19.6 Å². The Hall–Kier alpha value is -4.07. The molecule has 0 unspecified atom stereocenters. The second-order valence-electron chi connectivity index (χ2n) is 7.24. The fourth-order valence-electron chi connectivity index (χ4n) is 3.25. The van der Waals surface area contributed by atoms with E-state index in [1.807, 2.05) is 54.3 Å². The number of benzene rings is 1. The average molecular weight is 431 g/mol. The molecule has 1 amide bonds. The lowest BCUT2D eigenvalue weighted by atomic mass is 10.1. The van der Waals surface area contributed by atoms with Crippen LogP contribution in [0.2, 0.25) is 0 Å². The number of aromatic nitrogens is 4. The van der Waals surface area contributed by atoms with Crippen molar-refractivity contribution in [3.05, 3.63) is 96.5 Å². The second kappa shape index (κ2) is 9.82. The SMILES string of the molecule is C=CCc1ccccc1OCc1ccc(C(=O)Nc2cnn(Cc3cnn(CC)c3)c2)o1. The highest BCUT2D eigenvalue weighted by atomic mass is 16.5. The van der Waals surface area contributed by atoms with Gasteiger partial charge in [0.05, 0.1) is 24.6 Å². The van der Waals surface area contributed by atoms with E-state index < -0.39 is 0 Å². The number of allylic oxidation sites excluding steroid dienone is 1. The van der Waals surface area contributed by atoms with Crippen LogP contribution in [0.3, 0.4) is 0 Å². The third-order valence-corrected chi connectivity index (χ3v) is 4.84. The van der Waals surface area contributed by atoms with Gasteiger partial charge >= 0.3 is 0 Å². The highest BCUT2D eigenvalue weighted by Crippen LogP contribution is 2.21. The van der Waals surface area contributed by atoms with Gasteiger partial charge in [0.15, 0.2) is 5.76 Å². The van der Waals surface area contributed by atoms with E-state index in [0.717, 1.165) is 29.8 Å². The number of nitrogens with zero attached hydrogens (tertiary/aromatic N) is 4. The van der Waals surface area contributed by atoms with Crippen LogP contribution in [0.15, 0.2) is 78.3 Å². The van der Waals surface area contributed by atoms with Gasteiger partial charge in [0.1, 0.15) is 18.1 Å². The summed E-state index contributed by atoms with van der Waals surface area (Å²) in [5, 5.41) is 11.4. The van der Waals surface area contributed by atoms with Gasteiger partial charge in [0.25, 0.3) is 5.91 Å². The van der Waals surface area contributed by atoms with Gasteiger partial charge in [-0.25, -0.2) is 0 Å². The maximum atomic E-state index is 12.5. The number of anilines is 1. The molecule has 0 aliphatic rings. The Morgan fingerprint density at radius 2 is 2.00 bits per heavy atom. The van der Waals surface area contributed by atoms with Crippen LogP contribution in [0.4, 0.5) is 5.69 Å². The van der Waals surface area contributed by atoms with Crippen LogP contribution in [0, 0.1) is 0 Å². The van der Waals surface area contributed by atoms with E-state index >= 15 is 0 Å². The van der Waals surface area contributed by atoms with E-state index in [1.165, 1.54) is 0 Å². The Morgan fingerprint density at radius 3 is 2.81 bits per heavy atom. The number of carbonyl (C=O) groups excluding carboxylic acids is 1. The lowest BCUT2D eigenvalue weighted by molar-refractivity contribution is 0.0992. The summed E-state index contributed by atoms with van der Waals surface area (Å²) in [7, 11) is 0. The van der Waals surface area contributed by atoms with Crippen molar-refractivity contribution < 1.29 is 13.9 Å². The van der Waals surface area contributed by atoms with E-state index in [9.17, 15) is 4.79 Å². The Morgan fingerprint density at radius 1 is 1.16 bits per heavy atom. The molecule has 3 aromatic heterocycles. The maximum Gasteiger partial charge on any atom is 0.291 e. The Bertz CT molecular complexity index is 1200. The number of amides is 1. The summed E-state index contributed by atoms with van der Waals surface area (Å²) < 4.78 is 15.1. The van der Waals surface area contributed by atoms with Crippen molar-refractivity contribution in [2.45, 2.75) is 33.0 Å². The van der Waals surface area contributed by atoms with Gasteiger partial charge in [-0.05, 0) is 37.1 Å². The van der Waals surface area contributed by atoms with E-state index in [2.05, 4.69) is 22.1 Å². The molecule has 0 bridgehead atoms. The highest BCUT2D eigenvalue weighted by molar-refractivity contribution is 6.02. The van der Waals surface area contributed by atoms with Gasteiger partial charge in [0, 0.05) is 24.5 Å². The molecular formula is C24H25N5O3. The zero-order valence-electron chi connectivity index (χ0n) is 17.9. The van der Waals surface area contributed by atoms with Crippen molar-refractivity contribution in [3.63, 3.8) is 0 Å². The predicted octanol–water partition coefficient (Wildman–Crippen LogP) is 4.30. The van der Waals surface area contributed by atoms with Gasteiger partial charge in [-0.3, -0.25) is 14.2 Å². The first-order valence-corrected chi connectivity index (χ1v) is 10.4. The van der Waals surface area contributed by atoms with Crippen LogP contribution < -0.4 is 10.1 Å². The van der Waals surface area contributed by atoms with Crippen molar-refractivity contribution in [2.75, 3.05) is 5.32 Å². The fraction of sp³-hybridized carbons (Fsp3) is 0.208. The summed E-state index contributed by atoms with van der Waals surface area (Å²) in [6.45, 7) is 7.42. The molecule has 3 heterocycles. The first kappa shape index (κ1) is 21.2. The zero-order chi connectivity index (χ0) is 22.3. The van der Waals surface area contributed by atoms with E-state index in [4.69, 9.17) is 9.15 Å². The summed E-state index contributed by atoms with van der Waals surface area (Å²) in [6, 6.07) is 11.1. The van der Waals surface area contributed by atoms with Gasteiger partial charge in [-0.2, -0.15) is 10.2 Å².